The van der Waals surface area contributed by atoms with Crippen LogP contribution in [0.4, 0.5) is 22.7 Å². The first-order chi connectivity index (χ1) is 18.6. The smallest absolute Gasteiger partial charge is 0.329 e. The van der Waals surface area contributed by atoms with Crippen LogP contribution in [0.15, 0.2) is 54.7 Å². The topological polar surface area (TPSA) is 204 Å². The normalized spacial score (nSPS) is 9.57. The Kier molecular flexibility index (Phi) is 14.7. The van der Waals surface area contributed by atoms with Gasteiger partial charge in [0, 0.05) is 11.8 Å². The lowest BCUT2D eigenvalue weighted by Gasteiger charge is -1.98. The molecule has 0 aliphatic carbocycles. The van der Waals surface area contributed by atoms with Crippen LogP contribution in [-0.4, -0.2) is 24.8 Å². The van der Waals surface area contributed by atoms with E-state index in [2.05, 4.69) is 15.0 Å². The van der Waals surface area contributed by atoms with Crippen molar-refractivity contribution in [2.75, 3.05) is 11.5 Å². The second-order valence-electron chi connectivity index (χ2n) is 6.55. The zero-order valence-corrected chi connectivity index (χ0v) is 24.5. The molecule has 0 fully saturated rings. The van der Waals surface area contributed by atoms with Crippen molar-refractivity contribution in [3.05, 3.63) is 116 Å². The van der Waals surface area contributed by atoms with E-state index in [4.69, 9.17) is 92.7 Å². The molecule has 0 saturated heterocycles. The Morgan fingerprint density at radius 3 is 1.57 bits per heavy atom. The second kappa shape index (κ2) is 16.8. The van der Waals surface area contributed by atoms with E-state index in [1.54, 1.807) is 18.2 Å². The fraction of sp³-hybridized carbons (Fsp3) is 0. The number of nitrogens with zero attached hydrogens (tertiary/aromatic N) is 6. The molecular formula is C20H13Cl7N8O5. The van der Waals surface area contributed by atoms with Crippen LogP contribution >= 0.6 is 81.2 Å². The predicted octanol–water partition coefficient (Wildman–Crippen LogP) is 7.12. The van der Waals surface area contributed by atoms with E-state index in [1.165, 1.54) is 18.2 Å². The van der Waals surface area contributed by atoms with E-state index >= 15 is 0 Å². The summed E-state index contributed by atoms with van der Waals surface area (Å²) in [6, 6.07) is 11.4. The summed E-state index contributed by atoms with van der Waals surface area (Å²) < 4.78 is 0.342. The van der Waals surface area contributed by atoms with Crippen molar-refractivity contribution in [2.24, 2.45) is 0 Å². The summed E-state index contributed by atoms with van der Waals surface area (Å²) >= 11 is 38.0. The summed E-state index contributed by atoms with van der Waals surface area (Å²) in [5.41, 5.74) is 10.5. The molecule has 40 heavy (non-hydrogen) atoms. The number of pyridine rings is 4. The molecule has 20 heteroatoms. The Bertz CT molecular complexity index is 1410. The van der Waals surface area contributed by atoms with Gasteiger partial charge in [0.2, 0.25) is 5.15 Å². The van der Waals surface area contributed by atoms with Crippen LogP contribution < -0.4 is 16.2 Å². The molecule has 0 radical (unpaired) electrons. The maximum absolute atomic E-state index is 10.6. The number of nitrogens with two attached hydrogens (primary N) is 2. The van der Waals surface area contributed by atoms with E-state index < -0.39 is 15.5 Å². The third kappa shape index (κ3) is 12.8. The fourth-order valence-electron chi connectivity index (χ4n) is 2.10. The number of rotatable bonds is 2. The molecule has 0 amide bonds. The Hall–Kier alpha value is -3.17. The van der Waals surface area contributed by atoms with Crippen LogP contribution in [0.25, 0.3) is 0 Å². The molecule has 0 atom stereocenters. The Balaban J connectivity index is 0.000000270. The molecule has 0 spiro atoms. The maximum atomic E-state index is 10.6. The van der Waals surface area contributed by atoms with Gasteiger partial charge in [-0.05, 0) is 35.9 Å². The van der Waals surface area contributed by atoms with E-state index in [-0.39, 0.29) is 26.8 Å². The van der Waals surface area contributed by atoms with Gasteiger partial charge in [0.1, 0.15) is 37.5 Å². The number of hydrogen-bond acceptors (Lipinski definition) is 10. The third-order valence-corrected chi connectivity index (χ3v) is 5.21. The first-order valence-electron chi connectivity index (χ1n) is 9.76. The minimum atomic E-state index is -0.707. The number of hydrogen-bond donors (Lipinski definition) is 2. The van der Waals surface area contributed by atoms with Crippen molar-refractivity contribution in [3.8, 4) is 0 Å². The van der Waals surface area contributed by atoms with Crippen LogP contribution in [0.2, 0.25) is 36.1 Å². The van der Waals surface area contributed by atoms with Crippen molar-refractivity contribution in [1.82, 2.24) is 15.0 Å². The molecule has 0 aliphatic heterocycles. The largest absolute Gasteiger partial charge is 0.618 e. The summed E-state index contributed by atoms with van der Waals surface area (Å²) in [7, 11) is 0. The molecule has 4 aromatic rings. The molecule has 0 unspecified atom stereocenters. The second-order valence-corrected chi connectivity index (χ2v) is 9.23. The monoisotopic (exact) mass is 690 g/mol. The zero-order chi connectivity index (χ0) is 30.6. The lowest BCUT2D eigenvalue weighted by Crippen LogP contribution is -2.26. The predicted molar refractivity (Wildman–Crippen MR) is 155 cm³/mol. The number of halogens is 7. The van der Waals surface area contributed by atoms with Gasteiger partial charge in [-0.2, -0.15) is 4.73 Å². The summed E-state index contributed by atoms with van der Waals surface area (Å²) in [5.74, 6) is 0. The minimum absolute atomic E-state index is 0.0306. The summed E-state index contributed by atoms with van der Waals surface area (Å²) in [6.45, 7) is 0. The standard InChI is InChI=1S/C5H3Cl2N3O2.C5H4Cl2N2.C5H3Cl2N.C5H3ClN2O3/c6-3-1-2(8)4(10(11)12)5(7)9-3;6-4-1-3(8)2-5(7)9-4;6-4-2-1-3-5(7)8-4;6-5-3-4(8(10)11)1-2-7(5)9/h1H,(H2,8,9);1-2H,(H2,8,9);1-3H;1-3H. The number of aromatic nitrogens is 4. The molecule has 4 rings (SSSR count). The molecule has 4 aromatic heterocycles. The van der Waals surface area contributed by atoms with Crippen molar-refractivity contribution in [1.29, 1.82) is 0 Å². The molecule has 0 bridgehead atoms. The quantitative estimate of drug-likeness (QED) is 0.0715. The minimum Gasteiger partial charge on any atom is -0.618 e. The number of nitrogen functional groups attached to an aromatic ring is 2. The van der Waals surface area contributed by atoms with Gasteiger partial charge in [-0.25, -0.2) is 15.0 Å². The molecule has 212 valence electrons. The molecule has 0 aromatic carbocycles. The van der Waals surface area contributed by atoms with Gasteiger partial charge in [0.25, 0.3) is 10.8 Å². The van der Waals surface area contributed by atoms with Crippen LogP contribution in [-0.2, 0) is 0 Å². The van der Waals surface area contributed by atoms with E-state index in [0.29, 0.717) is 31.0 Å². The highest BCUT2D eigenvalue weighted by atomic mass is 35.5. The molecule has 0 aliphatic rings. The Morgan fingerprint density at radius 1 is 0.700 bits per heavy atom. The maximum Gasteiger partial charge on any atom is 0.329 e. The summed E-state index contributed by atoms with van der Waals surface area (Å²) in [5, 5.41) is 32.0. The van der Waals surface area contributed by atoms with Gasteiger partial charge >= 0.3 is 5.69 Å². The van der Waals surface area contributed by atoms with Gasteiger partial charge in [0.15, 0.2) is 6.20 Å². The van der Waals surface area contributed by atoms with Crippen LogP contribution in [0.1, 0.15) is 0 Å². The van der Waals surface area contributed by atoms with Crippen LogP contribution in [0.3, 0.4) is 0 Å². The Morgan fingerprint density at radius 2 is 1.20 bits per heavy atom. The first kappa shape index (κ1) is 34.9. The molecule has 4 N–H and O–H groups in total. The van der Waals surface area contributed by atoms with Crippen molar-refractivity contribution in [3.63, 3.8) is 0 Å². The molecular weight excluding hydrogens is 680 g/mol. The summed E-state index contributed by atoms with van der Waals surface area (Å²) in [4.78, 5) is 29.9. The zero-order valence-electron chi connectivity index (χ0n) is 19.2. The lowest BCUT2D eigenvalue weighted by molar-refractivity contribution is -0.603. The van der Waals surface area contributed by atoms with Crippen molar-refractivity contribution >= 4 is 104 Å². The molecule has 0 saturated carbocycles. The van der Waals surface area contributed by atoms with Gasteiger partial charge in [-0.15, -0.1) is 0 Å². The SMILES string of the molecule is Clc1cccc(Cl)n1.Nc1cc(Cl)nc(Cl)c1.Nc1cc(Cl)nc(Cl)c1[N+](=O)[O-].O=[N+]([O-])c1cc[n+]([O-])c(Cl)c1. The van der Waals surface area contributed by atoms with Gasteiger partial charge in [-0.3, -0.25) is 20.2 Å². The average Bonchev–Trinajstić information content (AvgIpc) is 2.80. The fourth-order valence-corrected chi connectivity index (χ4v) is 3.64. The summed E-state index contributed by atoms with van der Waals surface area (Å²) in [6.07, 6.45) is 0.987. The molecule has 13 nitrogen and oxygen atoms in total. The lowest BCUT2D eigenvalue weighted by atomic mass is 10.4. The molecule has 4 heterocycles. The highest BCUT2D eigenvalue weighted by Crippen LogP contribution is 2.30. The van der Waals surface area contributed by atoms with Crippen LogP contribution in [0.5, 0.6) is 0 Å². The van der Waals surface area contributed by atoms with E-state index in [1.807, 2.05) is 0 Å². The first-order valence-corrected chi connectivity index (χ1v) is 12.4. The van der Waals surface area contributed by atoms with Gasteiger partial charge < -0.3 is 16.7 Å². The van der Waals surface area contributed by atoms with E-state index in [9.17, 15) is 25.4 Å². The average molecular weight is 694 g/mol. The van der Waals surface area contributed by atoms with E-state index in [0.717, 1.165) is 18.3 Å². The van der Waals surface area contributed by atoms with Crippen LogP contribution in [0, 0.1) is 25.4 Å². The number of nitro groups is 2. The third-order valence-electron chi connectivity index (χ3n) is 3.67. The van der Waals surface area contributed by atoms with Crippen molar-refractivity contribution < 1.29 is 14.6 Å². The van der Waals surface area contributed by atoms with Gasteiger partial charge in [0.05, 0.1) is 15.9 Å². The van der Waals surface area contributed by atoms with Crippen molar-refractivity contribution in [2.45, 2.75) is 0 Å². The Labute approximate surface area is 260 Å². The number of anilines is 2. The highest BCUT2D eigenvalue weighted by Gasteiger charge is 2.19. The van der Waals surface area contributed by atoms with Gasteiger partial charge in [-0.1, -0.05) is 75.7 Å². The highest BCUT2D eigenvalue weighted by molar-refractivity contribution is 6.34.